The van der Waals surface area contributed by atoms with E-state index in [1.54, 1.807) is 17.8 Å². The summed E-state index contributed by atoms with van der Waals surface area (Å²) in [5.74, 6) is 1.13. The highest BCUT2D eigenvalue weighted by Crippen LogP contribution is 2.24. The van der Waals surface area contributed by atoms with Crippen molar-refractivity contribution in [1.82, 2.24) is 0 Å². The number of hydrogen-bond donors (Lipinski definition) is 1. The SMILES string of the molecule is CC(C)C(C)SCc1cc(C(=O)O)co1. The predicted molar refractivity (Wildman–Crippen MR) is 61.3 cm³/mol. The summed E-state index contributed by atoms with van der Waals surface area (Å²) in [6.45, 7) is 6.50. The molecule has 0 amide bonds. The summed E-state index contributed by atoms with van der Waals surface area (Å²) in [6.07, 6.45) is 1.29. The number of carboxylic acids is 1. The van der Waals surface area contributed by atoms with Gasteiger partial charge in [0.1, 0.15) is 12.0 Å². The van der Waals surface area contributed by atoms with E-state index in [-0.39, 0.29) is 5.56 Å². The average Bonchev–Trinajstić information content (AvgIpc) is 2.62. The van der Waals surface area contributed by atoms with Crippen molar-refractivity contribution < 1.29 is 14.3 Å². The maximum Gasteiger partial charge on any atom is 0.338 e. The van der Waals surface area contributed by atoms with Crippen LogP contribution in [0.5, 0.6) is 0 Å². The molecule has 0 fully saturated rings. The lowest BCUT2D eigenvalue weighted by Gasteiger charge is -2.13. The Bertz CT molecular complexity index is 330. The highest BCUT2D eigenvalue weighted by molar-refractivity contribution is 7.99. The van der Waals surface area contributed by atoms with E-state index in [1.807, 2.05) is 0 Å². The minimum atomic E-state index is -0.938. The standard InChI is InChI=1S/C11H16O3S/c1-7(2)8(3)15-6-10-4-9(5-14-10)11(12)13/h4-5,7-8H,6H2,1-3H3,(H,12,13). The number of furan rings is 1. The summed E-state index contributed by atoms with van der Waals surface area (Å²) in [5, 5.41) is 9.24. The minimum Gasteiger partial charge on any atom is -0.478 e. The van der Waals surface area contributed by atoms with Crippen molar-refractivity contribution >= 4 is 17.7 Å². The highest BCUT2D eigenvalue weighted by Gasteiger charge is 2.11. The number of hydrogen-bond acceptors (Lipinski definition) is 3. The molecule has 1 aromatic rings. The van der Waals surface area contributed by atoms with E-state index >= 15 is 0 Å². The summed E-state index contributed by atoms with van der Waals surface area (Å²) in [4.78, 5) is 10.6. The van der Waals surface area contributed by atoms with Crippen LogP contribution in [-0.2, 0) is 5.75 Å². The molecule has 0 saturated carbocycles. The molecule has 0 aliphatic carbocycles. The third-order valence-electron chi connectivity index (χ3n) is 2.33. The maximum atomic E-state index is 10.6. The highest BCUT2D eigenvalue weighted by atomic mass is 32.2. The number of aromatic carboxylic acids is 1. The zero-order valence-electron chi connectivity index (χ0n) is 9.19. The fourth-order valence-electron chi connectivity index (χ4n) is 0.975. The first-order valence-electron chi connectivity index (χ1n) is 4.93. The number of rotatable bonds is 5. The Hall–Kier alpha value is -0.900. The second-order valence-corrected chi connectivity index (χ2v) is 5.23. The Morgan fingerprint density at radius 1 is 1.53 bits per heavy atom. The Balaban J connectivity index is 2.48. The number of carboxylic acid groups (broad SMARTS) is 1. The molecule has 3 nitrogen and oxygen atoms in total. The predicted octanol–water partition coefficient (Wildman–Crippen LogP) is 3.26. The van der Waals surface area contributed by atoms with E-state index < -0.39 is 5.97 Å². The Labute approximate surface area is 93.9 Å². The maximum absolute atomic E-state index is 10.6. The van der Waals surface area contributed by atoms with E-state index in [1.165, 1.54) is 6.26 Å². The van der Waals surface area contributed by atoms with Crippen LogP contribution in [0.2, 0.25) is 0 Å². The zero-order chi connectivity index (χ0) is 11.4. The number of carbonyl (C=O) groups is 1. The first kappa shape index (κ1) is 12.2. The normalized spacial score (nSPS) is 13.1. The van der Waals surface area contributed by atoms with Crippen molar-refractivity contribution in [3.05, 3.63) is 23.7 Å². The molecule has 1 N–H and O–H groups in total. The van der Waals surface area contributed by atoms with Gasteiger partial charge >= 0.3 is 5.97 Å². The summed E-state index contributed by atoms with van der Waals surface area (Å²) < 4.78 is 5.15. The molecule has 1 atom stereocenters. The second-order valence-electron chi connectivity index (χ2n) is 3.87. The Morgan fingerprint density at radius 2 is 2.20 bits per heavy atom. The third-order valence-corrected chi connectivity index (χ3v) is 3.85. The van der Waals surface area contributed by atoms with E-state index in [9.17, 15) is 4.79 Å². The van der Waals surface area contributed by atoms with Gasteiger partial charge in [-0.2, -0.15) is 11.8 Å². The molecule has 1 unspecified atom stereocenters. The molecule has 4 heteroatoms. The summed E-state index contributed by atoms with van der Waals surface area (Å²) >= 11 is 1.78. The van der Waals surface area contributed by atoms with Crippen LogP contribution in [0, 0.1) is 5.92 Å². The third kappa shape index (κ3) is 3.63. The van der Waals surface area contributed by atoms with Crippen LogP contribution in [0.25, 0.3) is 0 Å². The molecule has 0 saturated heterocycles. The zero-order valence-corrected chi connectivity index (χ0v) is 10.0. The molecule has 0 aliphatic heterocycles. The molecule has 0 radical (unpaired) electrons. The summed E-state index contributed by atoms with van der Waals surface area (Å²) in [7, 11) is 0. The van der Waals surface area contributed by atoms with Gasteiger partial charge in [-0.25, -0.2) is 4.79 Å². The fraction of sp³-hybridized carbons (Fsp3) is 0.545. The first-order chi connectivity index (χ1) is 7.00. The van der Waals surface area contributed by atoms with Gasteiger partial charge in [0.25, 0.3) is 0 Å². The van der Waals surface area contributed by atoms with Gasteiger partial charge in [0.05, 0.1) is 11.3 Å². The van der Waals surface area contributed by atoms with Gasteiger partial charge < -0.3 is 9.52 Å². The van der Waals surface area contributed by atoms with Crippen molar-refractivity contribution in [2.45, 2.75) is 31.8 Å². The molecular formula is C11H16O3S. The van der Waals surface area contributed by atoms with Crippen molar-refractivity contribution in [1.29, 1.82) is 0 Å². The van der Waals surface area contributed by atoms with E-state index in [4.69, 9.17) is 9.52 Å². The van der Waals surface area contributed by atoms with Gasteiger partial charge in [0.2, 0.25) is 0 Å². The Morgan fingerprint density at radius 3 is 2.67 bits per heavy atom. The van der Waals surface area contributed by atoms with E-state index in [0.717, 1.165) is 11.5 Å². The lowest BCUT2D eigenvalue weighted by Crippen LogP contribution is -2.05. The van der Waals surface area contributed by atoms with Crippen LogP contribution in [-0.4, -0.2) is 16.3 Å². The molecule has 0 aromatic carbocycles. The van der Waals surface area contributed by atoms with Gasteiger partial charge in [-0.15, -0.1) is 0 Å². The van der Waals surface area contributed by atoms with Gasteiger partial charge in [0, 0.05) is 5.25 Å². The van der Waals surface area contributed by atoms with E-state index in [2.05, 4.69) is 20.8 Å². The lowest BCUT2D eigenvalue weighted by atomic mass is 10.2. The molecular weight excluding hydrogens is 212 g/mol. The van der Waals surface area contributed by atoms with Crippen molar-refractivity contribution in [3.8, 4) is 0 Å². The molecule has 0 bridgehead atoms. The molecule has 0 spiro atoms. The number of thioether (sulfide) groups is 1. The molecule has 84 valence electrons. The van der Waals surface area contributed by atoms with Crippen molar-refractivity contribution in [2.24, 2.45) is 5.92 Å². The topological polar surface area (TPSA) is 50.4 Å². The molecule has 1 heterocycles. The Kier molecular flexibility index (Phi) is 4.27. The largest absolute Gasteiger partial charge is 0.478 e. The molecule has 0 aliphatic rings. The van der Waals surface area contributed by atoms with Crippen LogP contribution in [0.15, 0.2) is 16.7 Å². The monoisotopic (exact) mass is 228 g/mol. The second kappa shape index (κ2) is 5.26. The quantitative estimate of drug-likeness (QED) is 0.840. The fourth-order valence-corrected chi connectivity index (χ4v) is 1.94. The smallest absolute Gasteiger partial charge is 0.338 e. The van der Waals surface area contributed by atoms with Crippen LogP contribution in [0.3, 0.4) is 0 Å². The van der Waals surface area contributed by atoms with Gasteiger partial charge in [0.15, 0.2) is 0 Å². The molecule has 1 rings (SSSR count). The average molecular weight is 228 g/mol. The van der Waals surface area contributed by atoms with Crippen LogP contribution in [0.4, 0.5) is 0 Å². The van der Waals surface area contributed by atoms with Crippen molar-refractivity contribution in [2.75, 3.05) is 0 Å². The van der Waals surface area contributed by atoms with Crippen LogP contribution >= 0.6 is 11.8 Å². The summed E-state index contributed by atoms with van der Waals surface area (Å²) in [6, 6.07) is 1.59. The summed E-state index contributed by atoms with van der Waals surface area (Å²) in [5.41, 5.74) is 0.225. The van der Waals surface area contributed by atoms with E-state index in [0.29, 0.717) is 11.2 Å². The van der Waals surface area contributed by atoms with Crippen LogP contribution in [0.1, 0.15) is 36.9 Å². The van der Waals surface area contributed by atoms with Gasteiger partial charge in [-0.1, -0.05) is 20.8 Å². The van der Waals surface area contributed by atoms with Crippen molar-refractivity contribution in [3.63, 3.8) is 0 Å². The minimum absolute atomic E-state index is 0.225. The first-order valence-corrected chi connectivity index (χ1v) is 5.98. The lowest BCUT2D eigenvalue weighted by molar-refractivity contribution is 0.0696. The molecule has 15 heavy (non-hydrogen) atoms. The van der Waals surface area contributed by atoms with Gasteiger partial charge in [-0.3, -0.25) is 0 Å². The molecule has 1 aromatic heterocycles. The van der Waals surface area contributed by atoms with Gasteiger partial charge in [-0.05, 0) is 12.0 Å². The van der Waals surface area contributed by atoms with Crippen LogP contribution < -0.4 is 0 Å².